The van der Waals surface area contributed by atoms with Gasteiger partial charge in [-0.05, 0) is 31.9 Å². The highest BCUT2D eigenvalue weighted by Gasteiger charge is 2.37. The summed E-state index contributed by atoms with van der Waals surface area (Å²) >= 11 is 0. The average molecular weight is 390 g/mol. The SMILES string of the molecule is C[C@H](NC(=O)c1ccccn1)C(=O)N1CCC[C@H]1C(=O)N[C@H](C=O)CC(=O)O. The molecule has 2 heterocycles. The van der Waals surface area contributed by atoms with Crippen molar-refractivity contribution in [2.24, 2.45) is 0 Å². The maximum atomic E-state index is 12.7. The molecule has 10 nitrogen and oxygen atoms in total. The minimum Gasteiger partial charge on any atom is -0.481 e. The Hall–Kier alpha value is -3.30. The second-order valence-corrected chi connectivity index (χ2v) is 6.45. The zero-order valence-electron chi connectivity index (χ0n) is 15.3. The highest BCUT2D eigenvalue weighted by molar-refractivity contribution is 5.97. The number of hydrogen-bond acceptors (Lipinski definition) is 6. The number of pyridine rings is 1. The predicted molar refractivity (Wildman–Crippen MR) is 96.1 cm³/mol. The van der Waals surface area contributed by atoms with Crippen LogP contribution in [-0.2, 0) is 19.2 Å². The molecule has 3 amide bonds. The Balaban J connectivity index is 1.99. The van der Waals surface area contributed by atoms with Gasteiger partial charge in [-0.15, -0.1) is 0 Å². The molecule has 28 heavy (non-hydrogen) atoms. The lowest BCUT2D eigenvalue weighted by atomic mass is 10.1. The predicted octanol–water partition coefficient (Wildman–Crippen LogP) is -0.651. The van der Waals surface area contributed by atoms with E-state index in [0.717, 1.165) is 0 Å². The Morgan fingerprint density at radius 1 is 1.32 bits per heavy atom. The van der Waals surface area contributed by atoms with Crippen LogP contribution < -0.4 is 10.6 Å². The number of amides is 3. The van der Waals surface area contributed by atoms with Gasteiger partial charge in [-0.3, -0.25) is 24.2 Å². The molecule has 1 aliphatic rings. The van der Waals surface area contributed by atoms with Crippen molar-refractivity contribution in [1.82, 2.24) is 20.5 Å². The molecule has 1 fully saturated rings. The summed E-state index contributed by atoms with van der Waals surface area (Å²) in [7, 11) is 0. The minimum absolute atomic E-state index is 0.167. The summed E-state index contributed by atoms with van der Waals surface area (Å²) in [5, 5.41) is 13.7. The number of carbonyl (C=O) groups is 5. The van der Waals surface area contributed by atoms with Gasteiger partial charge in [0.1, 0.15) is 24.1 Å². The van der Waals surface area contributed by atoms with E-state index in [0.29, 0.717) is 25.7 Å². The van der Waals surface area contributed by atoms with Gasteiger partial charge in [0, 0.05) is 12.7 Å². The number of aldehydes is 1. The van der Waals surface area contributed by atoms with Crippen LogP contribution in [0.5, 0.6) is 0 Å². The number of carboxylic acids is 1. The fraction of sp³-hybridized carbons (Fsp3) is 0.444. The maximum Gasteiger partial charge on any atom is 0.305 e. The molecule has 0 radical (unpaired) electrons. The molecule has 1 aromatic rings. The van der Waals surface area contributed by atoms with Crippen LogP contribution in [0.3, 0.4) is 0 Å². The molecule has 3 N–H and O–H groups in total. The zero-order chi connectivity index (χ0) is 20.7. The van der Waals surface area contributed by atoms with Gasteiger partial charge < -0.3 is 25.4 Å². The smallest absolute Gasteiger partial charge is 0.305 e. The lowest BCUT2D eigenvalue weighted by Crippen LogP contribution is -2.54. The standard InChI is InChI=1S/C18H22N4O6/c1-11(20-16(26)13-5-2-3-7-19-13)18(28)22-8-4-6-14(22)17(27)21-12(10-23)9-15(24)25/h2-3,5,7,10-12,14H,4,6,8-9H2,1H3,(H,20,26)(H,21,27)(H,24,25)/t11-,12-,14-/m0/s1. The highest BCUT2D eigenvalue weighted by Crippen LogP contribution is 2.19. The normalized spacial score (nSPS) is 18.0. The van der Waals surface area contributed by atoms with Gasteiger partial charge in [-0.1, -0.05) is 6.07 Å². The topological polar surface area (TPSA) is 146 Å². The number of carboxylic acid groups (broad SMARTS) is 1. The summed E-state index contributed by atoms with van der Waals surface area (Å²) in [5.41, 5.74) is 0.167. The number of hydrogen-bond donors (Lipinski definition) is 3. The number of nitrogens with one attached hydrogen (secondary N) is 2. The summed E-state index contributed by atoms with van der Waals surface area (Å²) < 4.78 is 0. The highest BCUT2D eigenvalue weighted by atomic mass is 16.4. The van der Waals surface area contributed by atoms with Gasteiger partial charge >= 0.3 is 5.97 Å². The third-order valence-electron chi connectivity index (χ3n) is 4.34. The average Bonchev–Trinajstić information content (AvgIpc) is 3.16. The van der Waals surface area contributed by atoms with Gasteiger partial charge in [0.05, 0.1) is 12.5 Å². The molecule has 0 aromatic carbocycles. The van der Waals surface area contributed by atoms with Gasteiger partial charge in [-0.25, -0.2) is 0 Å². The second-order valence-electron chi connectivity index (χ2n) is 6.45. The Bertz CT molecular complexity index is 754. The number of aromatic nitrogens is 1. The summed E-state index contributed by atoms with van der Waals surface area (Å²) in [6.07, 6.45) is 2.24. The van der Waals surface area contributed by atoms with E-state index in [1.165, 1.54) is 24.1 Å². The fourth-order valence-electron chi connectivity index (χ4n) is 2.98. The van der Waals surface area contributed by atoms with Gasteiger partial charge in [0.25, 0.3) is 5.91 Å². The van der Waals surface area contributed by atoms with Crippen LogP contribution in [0, 0.1) is 0 Å². The lowest BCUT2D eigenvalue weighted by molar-refractivity contribution is -0.141. The molecule has 1 aliphatic heterocycles. The number of likely N-dealkylation sites (tertiary alicyclic amines) is 1. The van der Waals surface area contributed by atoms with E-state index in [9.17, 15) is 24.0 Å². The van der Waals surface area contributed by atoms with Crippen molar-refractivity contribution in [3.8, 4) is 0 Å². The first kappa shape index (κ1) is 21.0. The van der Waals surface area contributed by atoms with Crippen LogP contribution >= 0.6 is 0 Å². The second kappa shape index (κ2) is 9.58. The first-order valence-electron chi connectivity index (χ1n) is 8.83. The monoisotopic (exact) mass is 390 g/mol. The summed E-state index contributed by atoms with van der Waals surface area (Å²) in [6.45, 7) is 1.83. The first-order chi connectivity index (χ1) is 13.3. The quantitative estimate of drug-likeness (QED) is 0.500. The van der Waals surface area contributed by atoms with Crippen molar-refractivity contribution in [1.29, 1.82) is 0 Å². The molecule has 3 atom stereocenters. The van der Waals surface area contributed by atoms with E-state index in [4.69, 9.17) is 5.11 Å². The molecule has 0 unspecified atom stereocenters. The van der Waals surface area contributed by atoms with Crippen LogP contribution in [0.15, 0.2) is 24.4 Å². The molecule has 0 bridgehead atoms. The van der Waals surface area contributed by atoms with Crippen LogP contribution in [0.1, 0.15) is 36.7 Å². The van der Waals surface area contributed by atoms with E-state index < -0.39 is 48.2 Å². The van der Waals surface area contributed by atoms with Crippen molar-refractivity contribution >= 4 is 30.0 Å². The van der Waals surface area contributed by atoms with E-state index in [-0.39, 0.29) is 5.69 Å². The molecule has 0 aliphatic carbocycles. The van der Waals surface area contributed by atoms with Crippen LogP contribution in [0.4, 0.5) is 0 Å². The van der Waals surface area contributed by atoms with Crippen LogP contribution in [-0.4, -0.2) is 69.6 Å². The number of nitrogens with zero attached hydrogens (tertiary/aromatic N) is 2. The largest absolute Gasteiger partial charge is 0.481 e. The molecule has 150 valence electrons. The Labute approximate surface area is 161 Å². The van der Waals surface area contributed by atoms with Crippen LogP contribution in [0.25, 0.3) is 0 Å². The molecule has 10 heteroatoms. The van der Waals surface area contributed by atoms with Crippen molar-refractivity contribution in [2.45, 2.75) is 44.3 Å². The number of rotatable bonds is 8. The lowest BCUT2D eigenvalue weighted by Gasteiger charge is -2.27. The van der Waals surface area contributed by atoms with Crippen molar-refractivity contribution in [3.63, 3.8) is 0 Å². The molecule has 1 saturated heterocycles. The Morgan fingerprint density at radius 2 is 2.07 bits per heavy atom. The maximum absolute atomic E-state index is 12.7. The third-order valence-corrected chi connectivity index (χ3v) is 4.34. The zero-order valence-corrected chi connectivity index (χ0v) is 15.3. The van der Waals surface area contributed by atoms with Crippen molar-refractivity contribution < 1.29 is 29.1 Å². The summed E-state index contributed by atoms with van der Waals surface area (Å²) in [5.74, 6) is -2.76. The Kier molecular flexibility index (Phi) is 7.19. The molecule has 0 spiro atoms. The molecular formula is C18H22N4O6. The molecule has 0 saturated carbocycles. The first-order valence-corrected chi connectivity index (χ1v) is 8.83. The minimum atomic E-state index is -1.22. The summed E-state index contributed by atoms with van der Waals surface area (Å²) in [4.78, 5) is 64.2. The third kappa shape index (κ3) is 5.35. The van der Waals surface area contributed by atoms with Gasteiger partial charge in [0.2, 0.25) is 11.8 Å². The molecule has 1 aromatic heterocycles. The van der Waals surface area contributed by atoms with Gasteiger partial charge in [0.15, 0.2) is 0 Å². The van der Waals surface area contributed by atoms with E-state index in [1.54, 1.807) is 12.1 Å². The van der Waals surface area contributed by atoms with Crippen molar-refractivity contribution in [2.75, 3.05) is 6.54 Å². The van der Waals surface area contributed by atoms with Crippen LogP contribution in [0.2, 0.25) is 0 Å². The number of carbonyl (C=O) groups excluding carboxylic acids is 4. The van der Waals surface area contributed by atoms with Gasteiger partial charge in [-0.2, -0.15) is 0 Å². The molecule has 2 rings (SSSR count). The van der Waals surface area contributed by atoms with E-state index in [1.807, 2.05) is 0 Å². The Morgan fingerprint density at radius 3 is 2.68 bits per heavy atom. The summed E-state index contributed by atoms with van der Waals surface area (Å²) in [6, 6.07) is 1.96. The van der Waals surface area contributed by atoms with Crippen molar-refractivity contribution in [3.05, 3.63) is 30.1 Å². The number of aliphatic carboxylic acids is 1. The fourth-order valence-corrected chi connectivity index (χ4v) is 2.98. The van der Waals surface area contributed by atoms with E-state index in [2.05, 4.69) is 15.6 Å². The molecular weight excluding hydrogens is 368 g/mol. The van der Waals surface area contributed by atoms with E-state index >= 15 is 0 Å².